The molecule has 28 heavy (non-hydrogen) atoms. The Bertz CT molecular complexity index is 1250. The molecule has 3 aromatic rings. The molecule has 2 aromatic carbocycles. The standard InChI is InChI=1S/C20H18N2O5S/c1-28(25,26)22-10-4-6-13-8-9-15(12-17(13)22)21-19(23)16-11-14-5-2-3-7-18(14)27-20(16)24/h2-3,5,7-9,11-12H,4,6,10H2,1H3,(H,21,23). The number of hydrogen-bond acceptors (Lipinski definition) is 5. The van der Waals surface area contributed by atoms with Gasteiger partial charge < -0.3 is 9.73 Å². The Kier molecular flexibility index (Phi) is 4.43. The zero-order valence-electron chi connectivity index (χ0n) is 15.1. The molecular formula is C20H18N2O5S. The number of carbonyl (C=O) groups excluding carboxylic acids is 1. The van der Waals surface area contributed by atoms with Crippen LogP contribution in [0.5, 0.6) is 0 Å². The van der Waals surface area contributed by atoms with Crippen molar-refractivity contribution < 1.29 is 17.6 Å². The van der Waals surface area contributed by atoms with Gasteiger partial charge in [-0.2, -0.15) is 0 Å². The van der Waals surface area contributed by atoms with Crippen LogP contribution < -0.4 is 15.2 Å². The van der Waals surface area contributed by atoms with Crippen molar-refractivity contribution in [2.24, 2.45) is 0 Å². The number of carbonyl (C=O) groups is 1. The van der Waals surface area contributed by atoms with E-state index in [9.17, 15) is 18.0 Å². The number of para-hydroxylation sites is 1. The predicted octanol–water partition coefficient (Wildman–Crippen LogP) is 2.76. The summed E-state index contributed by atoms with van der Waals surface area (Å²) in [7, 11) is -3.41. The van der Waals surface area contributed by atoms with Crippen molar-refractivity contribution in [2.45, 2.75) is 12.8 Å². The number of benzene rings is 2. The van der Waals surface area contributed by atoms with Crippen LogP contribution in [0.4, 0.5) is 11.4 Å². The van der Waals surface area contributed by atoms with E-state index in [0.717, 1.165) is 24.7 Å². The van der Waals surface area contributed by atoms with Gasteiger partial charge in [-0.3, -0.25) is 9.10 Å². The minimum Gasteiger partial charge on any atom is -0.422 e. The molecule has 0 fully saturated rings. The second-order valence-corrected chi connectivity index (χ2v) is 8.63. The highest BCUT2D eigenvalue weighted by atomic mass is 32.2. The molecule has 0 saturated heterocycles. The number of fused-ring (bicyclic) bond motifs is 2. The highest BCUT2D eigenvalue weighted by molar-refractivity contribution is 7.92. The monoisotopic (exact) mass is 398 g/mol. The van der Waals surface area contributed by atoms with Crippen LogP contribution in [0.25, 0.3) is 11.0 Å². The molecule has 0 aliphatic carbocycles. The number of aryl methyl sites for hydroxylation is 1. The lowest BCUT2D eigenvalue weighted by molar-refractivity contribution is 0.102. The Balaban J connectivity index is 1.68. The maximum atomic E-state index is 12.6. The van der Waals surface area contributed by atoms with E-state index < -0.39 is 21.6 Å². The van der Waals surface area contributed by atoms with Crippen LogP contribution in [-0.2, 0) is 16.4 Å². The Labute approximate surface area is 161 Å². The van der Waals surface area contributed by atoms with Gasteiger partial charge in [0.25, 0.3) is 5.91 Å². The summed E-state index contributed by atoms with van der Waals surface area (Å²) in [5.74, 6) is -0.610. The van der Waals surface area contributed by atoms with Crippen molar-refractivity contribution in [1.29, 1.82) is 0 Å². The molecule has 1 aromatic heterocycles. The first-order chi connectivity index (χ1) is 13.3. The van der Waals surface area contributed by atoms with E-state index in [2.05, 4.69) is 5.32 Å². The number of sulfonamides is 1. The quantitative estimate of drug-likeness (QED) is 0.685. The summed E-state index contributed by atoms with van der Waals surface area (Å²) in [6, 6.07) is 13.5. The van der Waals surface area contributed by atoms with E-state index >= 15 is 0 Å². The van der Waals surface area contributed by atoms with Crippen LogP contribution in [0.15, 0.2) is 57.7 Å². The van der Waals surface area contributed by atoms with Crippen molar-refractivity contribution in [3.8, 4) is 0 Å². The van der Waals surface area contributed by atoms with Crippen molar-refractivity contribution in [3.05, 3.63) is 70.1 Å². The third-order valence-corrected chi connectivity index (χ3v) is 5.89. The molecule has 0 bridgehead atoms. The molecule has 0 atom stereocenters. The molecular weight excluding hydrogens is 380 g/mol. The van der Waals surface area contributed by atoms with Gasteiger partial charge in [0.05, 0.1) is 11.9 Å². The lowest BCUT2D eigenvalue weighted by Crippen LogP contribution is -2.34. The van der Waals surface area contributed by atoms with Gasteiger partial charge in [-0.15, -0.1) is 0 Å². The molecule has 144 valence electrons. The van der Waals surface area contributed by atoms with Gasteiger partial charge in [-0.1, -0.05) is 24.3 Å². The molecule has 1 N–H and O–H groups in total. The van der Waals surface area contributed by atoms with Gasteiger partial charge in [-0.05, 0) is 42.7 Å². The lowest BCUT2D eigenvalue weighted by Gasteiger charge is -2.29. The first-order valence-corrected chi connectivity index (χ1v) is 10.6. The lowest BCUT2D eigenvalue weighted by atomic mass is 10.0. The highest BCUT2D eigenvalue weighted by Crippen LogP contribution is 2.31. The normalized spacial score (nSPS) is 14.0. The van der Waals surface area contributed by atoms with Crippen molar-refractivity contribution in [1.82, 2.24) is 0 Å². The van der Waals surface area contributed by atoms with Crippen molar-refractivity contribution in [3.63, 3.8) is 0 Å². The van der Waals surface area contributed by atoms with Crippen LogP contribution in [0.1, 0.15) is 22.3 Å². The second kappa shape index (κ2) is 6.79. The molecule has 0 saturated carbocycles. The third-order valence-electron chi connectivity index (χ3n) is 4.71. The number of hydrogen-bond donors (Lipinski definition) is 1. The summed E-state index contributed by atoms with van der Waals surface area (Å²) in [6.07, 6.45) is 2.67. The average molecular weight is 398 g/mol. The number of amides is 1. The molecule has 7 nitrogen and oxygen atoms in total. The molecule has 0 unspecified atom stereocenters. The Morgan fingerprint density at radius 3 is 2.71 bits per heavy atom. The van der Waals surface area contributed by atoms with E-state index in [-0.39, 0.29) is 5.56 Å². The van der Waals surface area contributed by atoms with E-state index in [0.29, 0.717) is 28.9 Å². The molecule has 0 spiro atoms. The first kappa shape index (κ1) is 18.2. The number of nitrogens with one attached hydrogen (secondary N) is 1. The molecule has 1 aliphatic rings. The topological polar surface area (TPSA) is 96.7 Å². The van der Waals surface area contributed by atoms with E-state index in [1.807, 2.05) is 0 Å². The SMILES string of the molecule is CS(=O)(=O)N1CCCc2ccc(NC(=O)c3cc4ccccc4oc3=O)cc21. The van der Waals surface area contributed by atoms with Crippen LogP contribution in [-0.4, -0.2) is 27.1 Å². The summed E-state index contributed by atoms with van der Waals surface area (Å²) in [5.41, 5.74) is 1.42. The minimum atomic E-state index is -3.41. The summed E-state index contributed by atoms with van der Waals surface area (Å²) >= 11 is 0. The van der Waals surface area contributed by atoms with E-state index in [4.69, 9.17) is 4.42 Å². The largest absolute Gasteiger partial charge is 0.422 e. The van der Waals surface area contributed by atoms with Gasteiger partial charge in [0.2, 0.25) is 10.0 Å². The summed E-state index contributed by atoms with van der Waals surface area (Å²) in [4.78, 5) is 24.8. The highest BCUT2D eigenvalue weighted by Gasteiger charge is 2.24. The third kappa shape index (κ3) is 3.38. The molecule has 2 heterocycles. The van der Waals surface area contributed by atoms with E-state index in [1.54, 1.807) is 42.5 Å². The minimum absolute atomic E-state index is 0.114. The first-order valence-electron chi connectivity index (χ1n) is 8.78. The molecule has 8 heteroatoms. The number of rotatable bonds is 3. The van der Waals surface area contributed by atoms with E-state index in [1.165, 1.54) is 10.4 Å². The van der Waals surface area contributed by atoms with Gasteiger partial charge in [0.15, 0.2) is 0 Å². The maximum absolute atomic E-state index is 12.6. The molecule has 4 rings (SSSR count). The Hall–Kier alpha value is -3.13. The molecule has 1 amide bonds. The van der Waals surface area contributed by atoms with Crippen LogP contribution in [0.3, 0.4) is 0 Å². The number of anilines is 2. The Morgan fingerprint density at radius 2 is 1.93 bits per heavy atom. The van der Waals surface area contributed by atoms with Crippen molar-refractivity contribution in [2.75, 3.05) is 22.4 Å². The fraction of sp³-hybridized carbons (Fsp3) is 0.200. The van der Waals surface area contributed by atoms with Gasteiger partial charge >= 0.3 is 5.63 Å². The Morgan fingerprint density at radius 1 is 1.14 bits per heavy atom. The average Bonchev–Trinajstić information content (AvgIpc) is 2.66. The zero-order valence-corrected chi connectivity index (χ0v) is 16.0. The second-order valence-electron chi connectivity index (χ2n) is 6.72. The molecule has 0 radical (unpaired) electrons. The fourth-order valence-electron chi connectivity index (χ4n) is 3.38. The van der Waals surface area contributed by atoms with Crippen LogP contribution in [0, 0.1) is 0 Å². The number of nitrogens with zero attached hydrogens (tertiary/aromatic N) is 1. The molecule has 1 aliphatic heterocycles. The van der Waals surface area contributed by atoms with Crippen LogP contribution >= 0.6 is 0 Å². The fourth-order valence-corrected chi connectivity index (χ4v) is 4.37. The van der Waals surface area contributed by atoms with Gasteiger partial charge in [-0.25, -0.2) is 13.2 Å². The predicted molar refractivity (Wildman–Crippen MR) is 107 cm³/mol. The zero-order chi connectivity index (χ0) is 19.9. The summed E-state index contributed by atoms with van der Waals surface area (Å²) in [6.45, 7) is 0.400. The van der Waals surface area contributed by atoms with Gasteiger partial charge in [0.1, 0.15) is 11.1 Å². The van der Waals surface area contributed by atoms with Crippen molar-refractivity contribution >= 4 is 38.3 Å². The summed E-state index contributed by atoms with van der Waals surface area (Å²) < 4.78 is 30.7. The van der Waals surface area contributed by atoms with Gasteiger partial charge in [0, 0.05) is 17.6 Å². The summed E-state index contributed by atoms with van der Waals surface area (Å²) in [5, 5.41) is 3.31. The maximum Gasteiger partial charge on any atom is 0.349 e. The van der Waals surface area contributed by atoms with Crippen LogP contribution in [0.2, 0.25) is 0 Å². The smallest absolute Gasteiger partial charge is 0.349 e.